The molecule has 0 aromatic carbocycles. The first-order valence-corrected chi connectivity index (χ1v) is 8.37. The highest BCUT2D eigenvalue weighted by atomic mass is 127. The molecule has 0 rings (SSSR count). The average Bonchev–Trinajstić information content (AvgIpc) is 2.31. The van der Waals surface area contributed by atoms with Gasteiger partial charge in [-0.25, -0.2) is 0 Å². The van der Waals surface area contributed by atoms with Crippen molar-refractivity contribution in [3.8, 4) is 0 Å². The molecule has 1 unspecified atom stereocenters. The van der Waals surface area contributed by atoms with Gasteiger partial charge < -0.3 is 9.47 Å². The van der Waals surface area contributed by atoms with E-state index in [9.17, 15) is 9.59 Å². The summed E-state index contributed by atoms with van der Waals surface area (Å²) in [6, 6.07) is 0. The molecule has 0 aromatic heterocycles. The van der Waals surface area contributed by atoms with Crippen molar-refractivity contribution in [1.82, 2.24) is 0 Å². The lowest BCUT2D eigenvalue weighted by atomic mass is 10.1. The number of unbranched alkanes of at least 4 members (excludes halogenated alkanes) is 2. The molecule has 19 heavy (non-hydrogen) atoms. The van der Waals surface area contributed by atoms with Crippen LogP contribution in [-0.4, -0.2) is 29.1 Å². The number of esters is 2. The van der Waals surface area contributed by atoms with Gasteiger partial charge in [-0.1, -0.05) is 55.7 Å². The van der Waals surface area contributed by atoms with Crippen LogP contribution in [-0.2, 0) is 19.1 Å². The quantitative estimate of drug-likeness (QED) is 0.250. The summed E-state index contributed by atoms with van der Waals surface area (Å²) in [6.07, 6.45) is 4.17. The molecule has 112 valence electrons. The van der Waals surface area contributed by atoms with Gasteiger partial charge in [0.25, 0.3) is 0 Å². The predicted octanol–water partition coefficient (Wildman–Crippen LogP) is 3.50. The second kappa shape index (κ2) is 11.5. The first kappa shape index (κ1) is 18.7. The molecule has 0 bridgehead atoms. The van der Waals surface area contributed by atoms with E-state index in [1.807, 2.05) is 0 Å². The molecular weight excluding hydrogens is 359 g/mol. The van der Waals surface area contributed by atoms with E-state index in [0.717, 1.165) is 18.8 Å². The van der Waals surface area contributed by atoms with Gasteiger partial charge in [0.1, 0.15) is 6.10 Å². The predicted molar refractivity (Wildman–Crippen MR) is 83.3 cm³/mol. The van der Waals surface area contributed by atoms with Gasteiger partial charge in [-0.2, -0.15) is 0 Å². The third kappa shape index (κ3) is 12.4. The molecule has 0 saturated heterocycles. The molecule has 0 N–H and O–H groups in total. The molecule has 0 saturated carbocycles. The molecule has 5 heteroatoms. The van der Waals surface area contributed by atoms with Gasteiger partial charge >= 0.3 is 11.9 Å². The van der Waals surface area contributed by atoms with Crippen LogP contribution in [0.25, 0.3) is 0 Å². The zero-order chi connectivity index (χ0) is 14.7. The van der Waals surface area contributed by atoms with E-state index >= 15 is 0 Å². The first-order valence-electron chi connectivity index (χ1n) is 6.84. The monoisotopic (exact) mass is 384 g/mol. The second-order valence-electron chi connectivity index (χ2n) is 5.05. The first-order chi connectivity index (χ1) is 8.95. The summed E-state index contributed by atoms with van der Waals surface area (Å²) >= 11 is 2.09. The third-order valence-electron chi connectivity index (χ3n) is 2.59. The Hall–Kier alpha value is -0.330. The average molecular weight is 384 g/mol. The smallest absolute Gasteiger partial charge is 0.309 e. The second-order valence-corrected chi connectivity index (χ2v) is 5.93. The fourth-order valence-electron chi connectivity index (χ4n) is 1.62. The Morgan fingerprint density at radius 2 is 1.84 bits per heavy atom. The molecule has 0 spiro atoms. The fraction of sp³-hybridized carbons (Fsp3) is 0.857. The van der Waals surface area contributed by atoms with Crippen LogP contribution in [0.1, 0.15) is 52.9 Å². The summed E-state index contributed by atoms with van der Waals surface area (Å²) in [4.78, 5) is 22.3. The van der Waals surface area contributed by atoms with E-state index in [0.29, 0.717) is 11.0 Å². The zero-order valence-corrected chi connectivity index (χ0v) is 14.3. The van der Waals surface area contributed by atoms with Crippen LogP contribution >= 0.6 is 22.6 Å². The van der Waals surface area contributed by atoms with Crippen molar-refractivity contribution < 1.29 is 19.1 Å². The van der Waals surface area contributed by atoms with Crippen molar-refractivity contribution in [1.29, 1.82) is 0 Å². The Balaban J connectivity index is 3.60. The maximum Gasteiger partial charge on any atom is 0.309 e. The molecule has 0 amide bonds. The van der Waals surface area contributed by atoms with Gasteiger partial charge in [0, 0.05) is 11.4 Å². The summed E-state index contributed by atoms with van der Waals surface area (Å²) in [5.41, 5.74) is 0. The zero-order valence-electron chi connectivity index (χ0n) is 12.1. The molecule has 0 fully saturated rings. The molecule has 0 aliphatic rings. The van der Waals surface area contributed by atoms with Crippen LogP contribution < -0.4 is 0 Å². The van der Waals surface area contributed by atoms with E-state index < -0.39 is 0 Å². The topological polar surface area (TPSA) is 52.6 Å². The molecule has 4 nitrogen and oxygen atoms in total. The number of alkyl halides is 1. The van der Waals surface area contributed by atoms with Crippen molar-refractivity contribution in [2.45, 2.75) is 59.0 Å². The Bertz CT molecular complexity index is 266. The highest BCUT2D eigenvalue weighted by molar-refractivity contribution is 14.1. The van der Waals surface area contributed by atoms with Crippen molar-refractivity contribution in [2.75, 3.05) is 11.0 Å². The van der Waals surface area contributed by atoms with Crippen molar-refractivity contribution in [3.05, 3.63) is 0 Å². The summed E-state index contributed by atoms with van der Waals surface area (Å²) in [6.45, 7) is 6.22. The van der Waals surface area contributed by atoms with E-state index in [-0.39, 0.29) is 24.5 Å². The fourth-order valence-corrected chi connectivity index (χ4v) is 2.12. The molecule has 0 aliphatic heterocycles. The van der Waals surface area contributed by atoms with Crippen LogP contribution in [0.5, 0.6) is 0 Å². The lowest BCUT2D eigenvalue weighted by molar-refractivity contribution is -0.152. The molecule has 0 aliphatic carbocycles. The number of carbonyl (C=O) groups is 2. The summed E-state index contributed by atoms with van der Waals surface area (Å²) in [7, 11) is 0. The normalized spacial score (nSPS) is 12.3. The van der Waals surface area contributed by atoms with Crippen molar-refractivity contribution >= 4 is 34.5 Å². The highest BCUT2D eigenvalue weighted by Gasteiger charge is 2.16. The number of hydrogen-bond acceptors (Lipinski definition) is 4. The highest BCUT2D eigenvalue weighted by Crippen LogP contribution is 2.09. The van der Waals surface area contributed by atoms with E-state index in [1.165, 1.54) is 19.8 Å². The Kier molecular flexibility index (Phi) is 11.3. The Morgan fingerprint density at radius 3 is 2.37 bits per heavy atom. The van der Waals surface area contributed by atoms with Crippen LogP contribution in [0.4, 0.5) is 0 Å². The number of halogens is 1. The minimum absolute atomic E-state index is 0.147. The Morgan fingerprint density at radius 1 is 1.16 bits per heavy atom. The standard InChI is InChI=1S/C14H25IO4/c1-11(2)7-5-4-6-8-18-14(17)9-13(10-15)19-12(3)16/h11,13H,4-10H2,1-3H3. The minimum Gasteiger partial charge on any atom is -0.466 e. The minimum atomic E-state index is -0.369. The number of rotatable bonds is 10. The number of hydrogen-bond donors (Lipinski definition) is 0. The molecular formula is C14H25IO4. The van der Waals surface area contributed by atoms with Crippen LogP contribution in [0, 0.1) is 5.92 Å². The summed E-state index contributed by atoms with van der Waals surface area (Å²) in [5, 5.41) is 0. The van der Waals surface area contributed by atoms with Gasteiger partial charge in [0.15, 0.2) is 0 Å². The van der Waals surface area contributed by atoms with E-state index in [1.54, 1.807) is 0 Å². The summed E-state index contributed by atoms with van der Waals surface area (Å²) in [5.74, 6) is 0.0885. The van der Waals surface area contributed by atoms with E-state index in [2.05, 4.69) is 36.4 Å². The SMILES string of the molecule is CC(=O)OC(CI)CC(=O)OCCCCCC(C)C. The largest absolute Gasteiger partial charge is 0.466 e. The van der Waals surface area contributed by atoms with Crippen LogP contribution in [0.15, 0.2) is 0 Å². The van der Waals surface area contributed by atoms with Crippen molar-refractivity contribution in [3.63, 3.8) is 0 Å². The van der Waals surface area contributed by atoms with Crippen molar-refractivity contribution in [2.24, 2.45) is 5.92 Å². The maximum atomic E-state index is 11.5. The lowest BCUT2D eigenvalue weighted by Gasteiger charge is -2.13. The molecule has 0 heterocycles. The number of ether oxygens (including phenoxy) is 2. The third-order valence-corrected chi connectivity index (χ3v) is 3.57. The number of carbonyl (C=O) groups excluding carboxylic acids is 2. The molecule has 0 aromatic rings. The van der Waals surface area contributed by atoms with E-state index in [4.69, 9.17) is 9.47 Å². The van der Waals surface area contributed by atoms with Gasteiger partial charge in [-0.15, -0.1) is 0 Å². The maximum absolute atomic E-state index is 11.5. The van der Waals surface area contributed by atoms with Crippen LogP contribution in [0.2, 0.25) is 0 Å². The lowest BCUT2D eigenvalue weighted by Crippen LogP contribution is -2.23. The molecule has 1 atom stereocenters. The van der Waals surface area contributed by atoms with Gasteiger partial charge in [-0.05, 0) is 12.3 Å². The van der Waals surface area contributed by atoms with Crippen LogP contribution in [0.3, 0.4) is 0 Å². The van der Waals surface area contributed by atoms with Gasteiger partial charge in [-0.3, -0.25) is 9.59 Å². The Labute approximate surface area is 129 Å². The summed E-state index contributed by atoms with van der Waals surface area (Å²) < 4.78 is 10.7. The molecule has 0 radical (unpaired) electrons. The van der Waals surface area contributed by atoms with Gasteiger partial charge in [0.05, 0.1) is 13.0 Å². The van der Waals surface area contributed by atoms with Gasteiger partial charge in [0.2, 0.25) is 0 Å².